The summed E-state index contributed by atoms with van der Waals surface area (Å²) in [6.07, 6.45) is 6.66. The molecule has 4 rings (SSSR count). The minimum atomic E-state index is 0.805. The monoisotopic (exact) mass is 355 g/mol. The molecule has 24 heavy (non-hydrogen) atoms. The Kier molecular flexibility index (Phi) is 4.27. The number of hydrogen-bond acceptors (Lipinski definition) is 6. The van der Waals surface area contributed by atoms with Gasteiger partial charge in [-0.3, -0.25) is 0 Å². The fourth-order valence-electron chi connectivity index (χ4n) is 2.68. The lowest BCUT2D eigenvalue weighted by Gasteiger charge is -2.09. The lowest BCUT2D eigenvalue weighted by molar-refractivity contribution is 0.660. The Labute approximate surface area is 148 Å². The number of aryl methyl sites for hydroxylation is 2. The average molecular weight is 355 g/mol. The van der Waals surface area contributed by atoms with Crippen molar-refractivity contribution in [3.05, 3.63) is 47.4 Å². The number of imidazole rings is 1. The summed E-state index contributed by atoms with van der Waals surface area (Å²) in [7, 11) is 0. The van der Waals surface area contributed by atoms with E-state index in [-0.39, 0.29) is 0 Å². The smallest absolute Gasteiger partial charge is 0.139 e. The van der Waals surface area contributed by atoms with E-state index in [1.54, 1.807) is 22.7 Å². The van der Waals surface area contributed by atoms with E-state index in [1.165, 1.54) is 10.4 Å². The molecule has 4 heterocycles. The van der Waals surface area contributed by atoms with Gasteiger partial charge in [0.25, 0.3) is 0 Å². The molecule has 5 nitrogen and oxygen atoms in total. The molecule has 0 aliphatic carbocycles. The second kappa shape index (κ2) is 6.70. The summed E-state index contributed by atoms with van der Waals surface area (Å²) in [5.41, 5.74) is 1.22. The van der Waals surface area contributed by atoms with E-state index in [4.69, 9.17) is 0 Å². The largest absolute Gasteiger partial charge is 0.369 e. The van der Waals surface area contributed by atoms with Crippen LogP contribution in [0.2, 0.25) is 0 Å². The molecule has 7 heteroatoms. The summed E-state index contributed by atoms with van der Waals surface area (Å²) < 4.78 is 2.09. The van der Waals surface area contributed by atoms with E-state index in [0.29, 0.717) is 0 Å². The van der Waals surface area contributed by atoms with Gasteiger partial charge in [-0.2, -0.15) is 0 Å². The minimum absolute atomic E-state index is 0.805. The fraction of sp³-hybridized carbons (Fsp3) is 0.235. The molecule has 0 saturated heterocycles. The van der Waals surface area contributed by atoms with E-state index in [0.717, 1.165) is 41.4 Å². The van der Waals surface area contributed by atoms with Gasteiger partial charge in [-0.25, -0.2) is 15.0 Å². The number of thiophene rings is 2. The maximum Gasteiger partial charge on any atom is 0.139 e. The molecule has 0 saturated carbocycles. The molecule has 0 amide bonds. The van der Waals surface area contributed by atoms with Crippen LogP contribution in [0, 0.1) is 6.92 Å². The summed E-state index contributed by atoms with van der Waals surface area (Å²) in [5, 5.41) is 8.93. The lowest BCUT2D eigenvalue weighted by Crippen LogP contribution is -2.08. The van der Waals surface area contributed by atoms with Crippen LogP contribution < -0.4 is 5.32 Å². The number of fused-ring (bicyclic) bond motifs is 1. The van der Waals surface area contributed by atoms with Crippen molar-refractivity contribution in [2.24, 2.45) is 0 Å². The Balaban J connectivity index is 1.58. The van der Waals surface area contributed by atoms with Gasteiger partial charge in [0.05, 0.1) is 11.7 Å². The first-order valence-corrected chi connectivity index (χ1v) is 9.56. The number of hydrogen-bond donors (Lipinski definition) is 1. The zero-order chi connectivity index (χ0) is 16.4. The maximum absolute atomic E-state index is 4.65. The third-order valence-corrected chi connectivity index (χ3v) is 5.55. The second-order valence-corrected chi connectivity index (χ2v) is 7.31. The predicted octanol–water partition coefficient (Wildman–Crippen LogP) is 4.43. The highest BCUT2D eigenvalue weighted by atomic mass is 32.1. The molecule has 0 bridgehead atoms. The van der Waals surface area contributed by atoms with Crippen molar-refractivity contribution in [3.63, 3.8) is 0 Å². The normalized spacial score (nSPS) is 11.2. The molecule has 4 aromatic rings. The summed E-state index contributed by atoms with van der Waals surface area (Å²) >= 11 is 3.43. The van der Waals surface area contributed by atoms with Gasteiger partial charge in [0, 0.05) is 41.3 Å². The Hall–Kier alpha value is -2.25. The van der Waals surface area contributed by atoms with Crippen LogP contribution >= 0.6 is 22.7 Å². The second-order valence-electron chi connectivity index (χ2n) is 5.51. The van der Waals surface area contributed by atoms with Crippen LogP contribution in [0.15, 0.2) is 41.6 Å². The standard InChI is InChI=1S/C17H17N5S2/c1-12-20-16(19-5-3-7-22-8-6-18-11-22)15-13(10-24-17(15)21-12)14-4-2-9-23-14/h2,4,6,8-11H,3,5,7H2,1H3,(H,19,20,21). The molecular weight excluding hydrogens is 338 g/mol. The minimum Gasteiger partial charge on any atom is -0.369 e. The zero-order valence-corrected chi connectivity index (χ0v) is 14.9. The fourth-order valence-corrected chi connectivity index (χ4v) is 4.48. The van der Waals surface area contributed by atoms with Crippen molar-refractivity contribution in [1.82, 2.24) is 19.5 Å². The predicted molar refractivity (Wildman–Crippen MR) is 101 cm³/mol. The first kappa shape index (κ1) is 15.3. The van der Waals surface area contributed by atoms with Crippen molar-refractivity contribution in [3.8, 4) is 10.4 Å². The van der Waals surface area contributed by atoms with Gasteiger partial charge in [-0.1, -0.05) is 6.07 Å². The number of aromatic nitrogens is 4. The van der Waals surface area contributed by atoms with Crippen molar-refractivity contribution < 1.29 is 0 Å². The average Bonchev–Trinajstić information content (AvgIpc) is 3.30. The molecule has 122 valence electrons. The molecule has 0 atom stereocenters. The molecule has 0 spiro atoms. The molecule has 0 fully saturated rings. The SMILES string of the molecule is Cc1nc(NCCCn2ccnc2)c2c(-c3cccs3)csc2n1. The molecule has 0 aliphatic heterocycles. The Morgan fingerprint density at radius 2 is 2.21 bits per heavy atom. The van der Waals surface area contributed by atoms with Crippen molar-refractivity contribution >= 4 is 38.7 Å². The Morgan fingerprint density at radius 1 is 1.25 bits per heavy atom. The van der Waals surface area contributed by atoms with Crippen molar-refractivity contribution in [2.45, 2.75) is 19.9 Å². The summed E-state index contributed by atoms with van der Waals surface area (Å²) in [6, 6.07) is 4.23. The van der Waals surface area contributed by atoms with Crippen LogP contribution in [-0.4, -0.2) is 26.1 Å². The molecule has 4 aromatic heterocycles. The van der Waals surface area contributed by atoms with E-state index in [1.807, 2.05) is 25.6 Å². The van der Waals surface area contributed by atoms with Crippen LogP contribution in [0.25, 0.3) is 20.7 Å². The third-order valence-electron chi connectivity index (χ3n) is 3.78. The summed E-state index contributed by atoms with van der Waals surface area (Å²) in [5.74, 6) is 1.74. The summed E-state index contributed by atoms with van der Waals surface area (Å²) in [4.78, 5) is 15.6. The molecule has 0 radical (unpaired) electrons. The van der Waals surface area contributed by atoms with Gasteiger partial charge in [0.1, 0.15) is 16.5 Å². The Bertz CT molecular complexity index is 926. The quantitative estimate of drug-likeness (QED) is 0.520. The van der Waals surface area contributed by atoms with E-state index >= 15 is 0 Å². The highest BCUT2D eigenvalue weighted by molar-refractivity contribution is 7.18. The van der Waals surface area contributed by atoms with Crippen LogP contribution in [-0.2, 0) is 6.54 Å². The van der Waals surface area contributed by atoms with E-state index in [2.05, 4.69) is 47.7 Å². The molecule has 1 N–H and O–H groups in total. The number of nitrogens with one attached hydrogen (secondary N) is 1. The topological polar surface area (TPSA) is 55.6 Å². The van der Waals surface area contributed by atoms with Crippen LogP contribution in [0.5, 0.6) is 0 Å². The van der Waals surface area contributed by atoms with Gasteiger partial charge < -0.3 is 9.88 Å². The van der Waals surface area contributed by atoms with Crippen LogP contribution in [0.4, 0.5) is 5.82 Å². The highest BCUT2D eigenvalue weighted by Gasteiger charge is 2.14. The maximum atomic E-state index is 4.65. The molecule has 0 aromatic carbocycles. The van der Waals surface area contributed by atoms with E-state index in [9.17, 15) is 0 Å². The molecule has 0 unspecified atom stereocenters. The van der Waals surface area contributed by atoms with Gasteiger partial charge in [0.2, 0.25) is 0 Å². The first-order valence-electron chi connectivity index (χ1n) is 7.80. The van der Waals surface area contributed by atoms with Crippen molar-refractivity contribution in [1.29, 1.82) is 0 Å². The number of rotatable bonds is 6. The van der Waals surface area contributed by atoms with E-state index < -0.39 is 0 Å². The summed E-state index contributed by atoms with van der Waals surface area (Å²) in [6.45, 7) is 3.76. The number of anilines is 1. The Morgan fingerprint density at radius 3 is 3.00 bits per heavy atom. The third kappa shape index (κ3) is 3.05. The van der Waals surface area contributed by atoms with Crippen LogP contribution in [0.3, 0.4) is 0 Å². The molecular formula is C17H17N5S2. The van der Waals surface area contributed by atoms with Crippen LogP contribution in [0.1, 0.15) is 12.2 Å². The van der Waals surface area contributed by atoms with Gasteiger partial charge >= 0.3 is 0 Å². The first-order chi connectivity index (χ1) is 11.8. The lowest BCUT2D eigenvalue weighted by atomic mass is 10.2. The molecule has 0 aliphatic rings. The zero-order valence-electron chi connectivity index (χ0n) is 13.3. The van der Waals surface area contributed by atoms with Crippen molar-refractivity contribution in [2.75, 3.05) is 11.9 Å². The number of nitrogens with zero attached hydrogens (tertiary/aromatic N) is 4. The van der Waals surface area contributed by atoms with Gasteiger partial charge in [-0.15, -0.1) is 22.7 Å². The van der Waals surface area contributed by atoms with Gasteiger partial charge in [-0.05, 0) is 24.8 Å². The van der Waals surface area contributed by atoms with Gasteiger partial charge in [0.15, 0.2) is 0 Å². The highest BCUT2D eigenvalue weighted by Crippen LogP contribution is 2.38.